The molecule has 0 spiro atoms. The van der Waals surface area contributed by atoms with Gasteiger partial charge in [0.2, 0.25) is 5.91 Å². The van der Waals surface area contributed by atoms with E-state index < -0.39 is 23.5 Å². The van der Waals surface area contributed by atoms with Crippen LogP contribution in [0.1, 0.15) is 37.2 Å². The molecule has 3 aliphatic rings. The minimum atomic E-state index is -0.879. The van der Waals surface area contributed by atoms with E-state index in [2.05, 4.69) is 0 Å². The highest BCUT2D eigenvalue weighted by molar-refractivity contribution is 5.83. The molecule has 3 unspecified atom stereocenters. The number of likely N-dealkylation sites (tertiary alicyclic amines) is 1. The lowest BCUT2D eigenvalue weighted by molar-refractivity contribution is -0.146. The second-order valence-electron chi connectivity index (χ2n) is 7.85. The molecule has 7 heteroatoms. The molecular formula is C20H23F2NO4. The van der Waals surface area contributed by atoms with E-state index in [4.69, 9.17) is 4.74 Å². The van der Waals surface area contributed by atoms with Gasteiger partial charge in [-0.2, -0.15) is 0 Å². The summed E-state index contributed by atoms with van der Waals surface area (Å²) in [6, 6.07) is 3.84. The van der Waals surface area contributed by atoms with Crippen LogP contribution in [0, 0.1) is 29.4 Å². The Morgan fingerprint density at radius 1 is 1.07 bits per heavy atom. The van der Waals surface area contributed by atoms with Crippen molar-refractivity contribution in [2.24, 2.45) is 17.8 Å². The second kappa shape index (κ2) is 7.19. The monoisotopic (exact) mass is 379 g/mol. The fourth-order valence-corrected chi connectivity index (χ4v) is 4.60. The summed E-state index contributed by atoms with van der Waals surface area (Å²) in [7, 11) is 0. The van der Waals surface area contributed by atoms with Crippen molar-refractivity contribution in [1.82, 2.24) is 4.90 Å². The van der Waals surface area contributed by atoms with Crippen molar-refractivity contribution in [2.45, 2.75) is 37.7 Å². The van der Waals surface area contributed by atoms with Gasteiger partial charge in [-0.25, -0.2) is 8.78 Å². The van der Waals surface area contributed by atoms with Gasteiger partial charge in [-0.3, -0.25) is 9.59 Å². The summed E-state index contributed by atoms with van der Waals surface area (Å²) in [5, 5.41) is 9.31. The average Bonchev–Trinajstić information content (AvgIpc) is 3.30. The molecule has 2 saturated heterocycles. The molecule has 27 heavy (non-hydrogen) atoms. The van der Waals surface area contributed by atoms with E-state index in [9.17, 15) is 23.5 Å². The number of carbonyl (C=O) groups is 2. The Kier molecular flexibility index (Phi) is 4.88. The van der Waals surface area contributed by atoms with Crippen molar-refractivity contribution in [3.63, 3.8) is 0 Å². The number of hydrogen-bond donors (Lipinski definition) is 1. The van der Waals surface area contributed by atoms with Gasteiger partial charge in [0.1, 0.15) is 0 Å². The number of amides is 1. The number of rotatable bonds is 4. The molecule has 4 atom stereocenters. The van der Waals surface area contributed by atoms with E-state index in [1.54, 1.807) is 6.07 Å². The number of ether oxygens (including phenoxy) is 1. The Bertz CT molecular complexity index is 747. The molecule has 1 amide bonds. The third-order valence-electron chi connectivity index (χ3n) is 6.25. The van der Waals surface area contributed by atoms with Gasteiger partial charge in [0.15, 0.2) is 11.6 Å². The van der Waals surface area contributed by atoms with Crippen molar-refractivity contribution in [3.8, 4) is 0 Å². The number of halogens is 2. The van der Waals surface area contributed by atoms with Crippen molar-refractivity contribution < 1.29 is 28.2 Å². The average molecular weight is 379 g/mol. The van der Waals surface area contributed by atoms with Crippen LogP contribution in [-0.2, 0) is 14.3 Å². The quantitative estimate of drug-likeness (QED) is 0.874. The number of carboxylic acids is 1. The zero-order chi connectivity index (χ0) is 19.1. The largest absolute Gasteiger partial charge is 0.481 e. The van der Waals surface area contributed by atoms with Gasteiger partial charge >= 0.3 is 5.97 Å². The fraction of sp³-hybridized carbons (Fsp3) is 0.600. The molecule has 3 fully saturated rings. The number of carbonyl (C=O) groups excluding carboxylic acids is 1. The summed E-state index contributed by atoms with van der Waals surface area (Å²) < 4.78 is 32.1. The molecule has 4 rings (SSSR count). The maximum Gasteiger partial charge on any atom is 0.309 e. The molecule has 1 aromatic rings. The molecule has 0 radical (unpaired) electrons. The number of hydrogen-bond acceptors (Lipinski definition) is 3. The van der Waals surface area contributed by atoms with Gasteiger partial charge < -0.3 is 14.7 Å². The Balaban J connectivity index is 1.32. The van der Waals surface area contributed by atoms with Gasteiger partial charge in [0.05, 0.1) is 12.0 Å². The Hall–Kier alpha value is -2.02. The number of aliphatic carboxylic acids is 1. The molecule has 1 aromatic carbocycles. The van der Waals surface area contributed by atoms with E-state index in [-0.39, 0.29) is 29.8 Å². The van der Waals surface area contributed by atoms with Gasteiger partial charge in [-0.1, -0.05) is 6.07 Å². The molecule has 1 saturated carbocycles. The fourth-order valence-electron chi connectivity index (χ4n) is 4.60. The van der Waals surface area contributed by atoms with E-state index in [0.29, 0.717) is 38.1 Å². The first-order chi connectivity index (χ1) is 13.0. The first-order valence-electron chi connectivity index (χ1n) is 9.54. The Morgan fingerprint density at radius 2 is 1.81 bits per heavy atom. The molecule has 2 heterocycles. The maximum absolute atomic E-state index is 13.4. The molecule has 5 nitrogen and oxygen atoms in total. The zero-order valence-electron chi connectivity index (χ0n) is 14.9. The van der Waals surface area contributed by atoms with Gasteiger partial charge in [-0.15, -0.1) is 0 Å². The molecule has 1 N–H and O–H groups in total. The van der Waals surface area contributed by atoms with E-state index in [1.807, 2.05) is 4.90 Å². The lowest BCUT2D eigenvalue weighted by Crippen LogP contribution is -2.44. The smallest absolute Gasteiger partial charge is 0.309 e. The van der Waals surface area contributed by atoms with E-state index in [0.717, 1.165) is 18.9 Å². The molecule has 1 aliphatic carbocycles. The summed E-state index contributed by atoms with van der Waals surface area (Å²) >= 11 is 0. The predicted molar refractivity (Wildman–Crippen MR) is 92.0 cm³/mol. The summed E-state index contributed by atoms with van der Waals surface area (Å²) in [4.78, 5) is 25.9. The summed E-state index contributed by atoms with van der Waals surface area (Å²) in [5.74, 6) is -2.99. The summed E-state index contributed by atoms with van der Waals surface area (Å²) in [6.07, 6.45) is 2.44. The van der Waals surface area contributed by atoms with Gasteiger partial charge in [0.25, 0.3) is 0 Å². The van der Waals surface area contributed by atoms with E-state index in [1.165, 1.54) is 6.07 Å². The topological polar surface area (TPSA) is 66.8 Å². The summed E-state index contributed by atoms with van der Waals surface area (Å²) in [6.45, 7) is 1.67. The molecule has 2 aliphatic heterocycles. The number of piperidine rings is 1. The van der Waals surface area contributed by atoms with Crippen LogP contribution >= 0.6 is 0 Å². The zero-order valence-corrected chi connectivity index (χ0v) is 14.9. The van der Waals surface area contributed by atoms with E-state index >= 15 is 0 Å². The number of benzene rings is 1. The lowest BCUT2D eigenvalue weighted by atomic mass is 9.84. The first kappa shape index (κ1) is 18.3. The maximum atomic E-state index is 13.4. The molecule has 146 valence electrons. The summed E-state index contributed by atoms with van der Waals surface area (Å²) in [5.41, 5.74) is 0.672. The molecular weight excluding hydrogens is 356 g/mol. The highest BCUT2D eigenvalue weighted by Crippen LogP contribution is 2.49. The minimum absolute atomic E-state index is 0.0418. The first-order valence-corrected chi connectivity index (χ1v) is 9.54. The molecule has 0 bridgehead atoms. The van der Waals surface area contributed by atoms with Crippen molar-refractivity contribution >= 4 is 11.9 Å². The highest BCUT2D eigenvalue weighted by Gasteiger charge is 2.47. The van der Waals surface area contributed by atoms with Gasteiger partial charge in [-0.05, 0) is 55.2 Å². The van der Waals surface area contributed by atoms with Crippen LogP contribution in [0.15, 0.2) is 18.2 Å². The van der Waals surface area contributed by atoms with Crippen LogP contribution < -0.4 is 0 Å². The van der Waals surface area contributed by atoms with Crippen molar-refractivity contribution in [2.75, 3.05) is 19.7 Å². The Morgan fingerprint density at radius 3 is 2.48 bits per heavy atom. The molecule has 0 aromatic heterocycles. The third kappa shape index (κ3) is 3.57. The highest BCUT2D eigenvalue weighted by atomic mass is 19.2. The second-order valence-corrected chi connectivity index (χ2v) is 7.85. The van der Waals surface area contributed by atoms with Crippen LogP contribution in [0.2, 0.25) is 0 Å². The normalized spacial score (nSPS) is 31.1. The van der Waals surface area contributed by atoms with Crippen LogP contribution in [-0.4, -0.2) is 47.7 Å². The van der Waals surface area contributed by atoms with Crippen molar-refractivity contribution in [1.29, 1.82) is 0 Å². The lowest BCUT2D eigenvalue weighted by Gasteiger charge is -2.35. The number of nitrogens with zero attached hydrogens (tertiary/aromatic N) is 1. The van der Waals surface area contributed by atoms with Crippen molar-refractivity contribution in [3.05, 3.63) is 35.4 Å². The SMILES string of the molecule is O=C(O)C1CCO[C@H]1C1CCN(C(=O)C2CC2c2ccc(F)c(F)c2)CC1. The van der Waals surface area contributed by atoms with Crippen LogP contribution in [0.5, 0.6) is 0 Å². The Labute approximate surface area is 156 Å². The predicted octanol–water partition coefficient (Wildman–Crippen LogP) is 2.80. The third-order valence-corrected chi connectivity index (χ3v) is 6.25. The minimum Gasteiger partial charge on any atom is -0.481 e. The van der Waals surface area contributed by atoms with Crippen LogP contribution in [0.25, 0.3) is 0 Å². The van der Waals surface area contributed by atoms with Crippen LogP contribution in [0.3, 0.4) is 0 Å². The number of carboxylic acid groups (broad SMARTS) is 1. The standard InChI is InChI=1S/C20H23F2NO4/c21-16-2-1-12(9-17(16)22)14-10-15(14)19(24)23-6-3-11(4-7-23)18-13(20(25)26)5-8-27-18/h1-2,9,11,13-15,18H,3-8,10H2,(H,25,26)/t13?,14?,15?,18-/m0/s1. The van der Waals surface area contributed by atoms with Gasteiger partial charge in [0, 0.05) is 25.6 Å². The van der Waals surface area contributed by atoms with Crippen LogP contribution in [0.4, 0.5) is 8.78 Å².